The first kappa shape index (κ1) is 14.6. The summed E-state index contributed by atoms with van der Waals surface area (Å²) in [6.45, 7) is 4.36. The van der Waals surface area contributed by atoms with E-state index in [1.54, 1.807) is 0 Å². The molecule has 1 amide bonds. The van der Waals surface area contributed by atoms with Gasteiger partial charge in [-0.05, 0) is 19.1 Å². The van der Waals surface area contributed by atoms with Gasteiger partial charge in [-0.25, -0.2) is 4.98 Å². The Hall–Kier alpha value is -1.37. The van der Waals surface area contributed by atoms with Gasteiger partial charge in [-0.3, -0.25) is 4.79 Å². The first-order chi connectivity index (χ1) is 10.1. The van der Waals surface area contributed by atoms with Crippen LogP contribution in [-0.4, -0.2) is 48.1 Å². The predicted octanol–water partition coefficient (Wildman–Crippen LogP) is 2.61. The van der Waals surface area contributed by atoms with Crippen LogP contribution in [0.4, 0.5) is 5.13 Å². The van der Waals surface area contributed by atoms with Gasteiger partial charge in [-0.15, -0.1) is 0 Å². The van der Waals surface area contributed by atoms with E-state index in [1.807, 2.05) is 30.0 Å². The second-order valence-corrected chi connectivity index (χ2v) is 6.32. The first-order valence-electron chi connectivity index (χ1n) is 6.83. The minimum atomic E-state index is -0.317. The average molecular weight is 326 g/mol. The molecule has 1 aromatic heterocycles. The van der Waals surface area contributed by atoms with Gasteiger partial charge in [-0.1, -0.05) is 29.0 Å². The number of thiazole rings is 1. The number of rotatable bonds is 3. The van der Waals surface area contributed by atoms with Gasteiger partial charge in [0.1, 0.15) is 6.04 Å². The molecule has 1 aromatic carbocycles. The molecule has 1 fully saturated rings. The van der Waals surface area contributed by atoms with E-state index >= 15 is 0 Å². The lowest BCUT2D eigenvalue weighted by Crippen LogP contribution is -2.46. The van der Waals surface area contributed by atoms with E-state index in [9.17, 15) is 4.79 Å². The third-order valence-corrected chi connectivity index (χ3v) is 4.86. The van der Waals surface area contributed by atoms with E-state index in [2.05, 4.69) is 10.3 Å². The second-order valence-electron chi connectivity index (χ2n) is 4.91. The molecule has 1 atom stereocenters. The zero-order valence-electron chi connectivity index (χ0n) is 11.6. The van der Waals surface area contributed by atoms with Crippen molar-refractivity contribution in [3.05, 3.63) is 23.2 Å². The molecule has 3 rings (SSSR count). The SMILES string of the molecule is CC(Nc1nc2cccc(Cl)c2s1)C(=O)N1CCOCC1. The van der Waals surface area contributed by atoms with Gasteiger partial charge in [0.2, 0.25) is 5.91 Å². The van der Waals surface area contributed by atoms with Gasteiger partial charge in [0.15, 0.2) is 5.13 Å². The van der Waals surface area contributed by atoms with Crippen LogP contribution >= 0.6 is 22.9 Å². The molecule has 1 N–H and O–H groups in total. The van der Waals surface area contributed by atoms with Crippen molar-refractivity contribution < 1.29 is 9.53 Å². The van der Waals surface area contributed by atoms with Crippen molar-refractivity contribution in [2.45, 2.75) is 13.0 Å². The van der Waals surface area contributed by atoms with Gasteiger partial charge in [0.25, 0.3) is 0 Å². The predicted molar refractivity (Wildman–Crippen MR) is 85.1 cm³/mol. The largest absolute Gasteiger partial charge is 0.378 e. The Balaban J connectivity index is 1.72. The molecule has 1 aliphatic rings. The van der Waals surface area contributed by atoms with Gasteiger partial charge in [0, 0.05) is 13.1 Å². The highest BCUT2D eigenvalue weighted by atomic mass is 35.5. The maximum atomic E-state index is 12.3. The molecule has 0 radical (unpaired) electrons. The van der Waals surface area contributed by atoms with Crippen molar-refractivity contribution in [3.63, 3.8) is 0 Å². The Morgan fingerprint density at radius 3 is 2.95 bits per heavy atom. The molecule has 1 saturated heterocycles. The van der Waals surface area contributed by atoms with Gasteiger partial charge in [-0.2, -0.15) is 0 Å². The third kappa shape index (κ3) is 3.12. The summed E-state index contributed by atoms with van der Waals surface area (Å²) in [5, 5.41) is 4.57. The van der Waals surface area contributed by atoms with Crippen LogP contribution in [0.5, 0.6) is 0 Å². The van der Waals surface area contributed by atoms with Crippen LogP contribution in [-0.2, 0) is 9.53 Å². The highest BCUT2D eigenvalue weighted by Gasteiger charge is 2.23. The number of hydrogen-bond donors (Lipinski definition) is 1. The third-order valence-electron chi connectivity index (χ3n) is 3.40. The summed E-state index contributed by atoms with van der Waals surface area (Å²) >= 11 is 7.61. The first-order valence-corrected chi connectivity index (χ1v) is 8.03. The number of anilines is 1. The molecule has 21 heavy (non-hydrogen) atoms. The molecule has 1 unspecified atom stereocenters. The fraction of sp³-hybridized carbons (Fsp3) is 0.429. The Morgan fingerprint density at radius 1 is 1.48 bits per heavy atom. The molecular weight excluding hydrogens is 310 g/mol. The highest BCUT2D eigenvalue weighted by molar-refractivity contribution is 7.22. The van der Waals surface area contributed by atoms with E-state index in [-0.39, 0.29) is 11.9 Å². The van der Waals surface area contributed by atoms with Gasteiger partial charge < -0.3 is 15.0 Å². The lowest BCUT2D eigenvalue weighted by atomic mass is 10.2. The Labute approximate surface area is 131 Å². The normalized spacial score (nSPS) is 17.0. The number of carbonyl (C=O) groups is 1. The Morgan fingerprint density at radius 2 is 2.24 bits per heavy atom. The van der Waals surface area contributed by atoms with Crippen LogP contribution in [0.1, 0.15) is 6.92 Å². The molecule has 112 valence electrons. The topological polar surface area (TPSA) is 54.5 Å². The maximum Gasteiger partial charge on any atom is 0.244 e. The summed E-state index contributed by atoms with van der Waals surface area (Å²) in [4.78, 5) is 18.6. The number of amides is 1. The minimum Gasteiger partial charge on any atom is -0.378 e. The van der Waals surface area contributed by atoms with E-state index in [0.717, 1.165) is 10.2 Å². The second kappa shape index (κ2) is 6.17. The number of benzene rings is 1. The molecule has 2 aromatic rings. The number of fused-ring (bicyclic) bond motifs is 1. The van der Waals surface area contributed by atoms with Crippen molar-refractivity contribution in [2.24, 2.45) is 0 Å². The van der Waals surface area contributed by atoms with E-state index in [0.29, 0.717) is 36.5 Å². The molecule has 7 heteroatoms. The molecule has 2 heterocycles. The Kier molecular flexibility index (Phi) is 4.28. The number of morpholine rings is 1. The van der Waals surface area contributed by atoms with Gasteiger partial charge >= 0.3 is 0 Å². The lowest BCUT2D eigenvalue weighted by Gasteiger charge is -2.29. The zero-order chi connectivity index (χ0) is 14.8. The van der Waals surface area contributed by atoms with Crippen LogP contribution < -0.4 is 5.32 Å². The van der Waals surface area contributed by atoms with E-state index in [1.165, 1.54) is 11.3 Å². The quantitative estimate of drug-likeness (QED) is 0.942. The zero-order valence-corrected chi connectivity index (χ0v) is 13.2. The molecule has 0 bridgehead atoms. The highest BCUT2D eigenvalue weighted by Crippen LogP contribution is 2.32. The maximum absolute atomic E-state index is 12.3. The summed E-state index contributed by atoms with van der Waals surface area (Å²) in [6, 6.07) is 5.31. The molecule has 0 aliphatic carbocycles. The lowest BCUT2D eigenvalue weighted by molar-refractivity contribution is -0.135. The molecule has 0 saturated carbocycles. The molecule has 0 spiro atoms. The van der Waals surface area contributed by atoms with E-state index < -0.39 is 0 Å². The fourth-order valence-corrected chi connectivity index (χ4v) is 3.52. The van der Waals surface area contributed by atoms with Crippen molar-refractivity contribution in [1.82, 2.24) is 9.88 Å². The number of aromatic nitrogens is 1. The molecule has 5 nitrogen and oxygen atoms in total. The van der Waals surface area contributed by atoms with Crippen molar-refractivity contribution in [3.8, 4) is 0 Å². The van der Waals surface area contributed by atoms with Crippen LogP contribution in [0.2, 0.25) is 5.02 Å². The molecule has 1 aliphatic heterocycles. The van der Waals surface area contributed by atoms with Crippen molar-refractivity contribution >= 4 is 44.2 Å². The van der Waals surface area contributed by atoms with Crippen LogP contribution in [0.3, 0.4) is 0 Å². The average Bonchev–Trinajstić information content (AvgIpc) is 2.91. The number of carbonyl (C=O) groups excluding carboxylic acids is 1. The molecular formula is C14H16ClN3O2S. The number of halogens is 1. The van der Waals surface area contributed by atoms with Crippen LogP contribution in [0.25, 0.3) is 10.2 Å². The summed E-state index contributed by atoms with van der Waals surface area (Å²) in [5.74, 6) is 0.0728. The minimum absolute atomic E-state index is 0.0728. The van der Waals surface area contributed by atoms with E-state index in [4.69, 9.17) is 16.3 Å². The smallest absolute Gasteiger partial charge is 0.244 e. The summed E-state index contributed by atoms with van der Waals surface area (Å²) in [6.07, 6.45) is 0. The number of nitrogens with zero attached hydrogens (tertiary/aromatic N) is 2. The summed E-state index contributed by atoms with van der Waals surface area (Å²) in [5.41, 5.74) is 0.848. The summed E-state index contributed by atoms with van der Waals surface area (Å²) < 4.78 is 6.20. The Bertz CT molecular complexity index is 655. The monoisotopic (exact) mass is 325 g/mol. The van der Waals surface area contributed by atoms with Crippen molar-refractivity contribution in [1.29, 1.82) is 0 Å². The number of ether oxygens (including phenoxy) is 1. The van der Waals surface area contributed by atoms with Crippen LogP contribution in [0.15, 0.2) is 18.2 Å². The number of hydrogen-bond acceptors (Lipinski definition) is 5. The van der Waals surface area contributed by atoms with Crippen LogP contribution in [0, 0.1) is 0 Å². The standard InChI is InChI=1S/C14H16ClN3O2S/c1-9(13(19)18-5-7-20-8-6-18)16-14-17-11-4-2-3-10(15)12(11)21-14/h2-4,9H,5-8H2,1H3,(H,16,17). The van der Waals surface area contributed by atoms with Crippen molar-refractivity contribution in [2.75, 3.05) is 31.6 Å². The fourth-order valence-electron chi connectivity index (χ4n) is 2.28. The number of nitrogens with one attached hydrogen (secondary N) is 1. The summed E-state index contributed by atoms with van der Waals surface area (Å²) in [7, 11) is 0. The van der Waals surface area contributed by atoms with Gasteiger partial charge in [0.05, 0.1) is 28.5 Å².